The lowest BCUT2D eigenvalue weighted by Gasteiger charge is -2.20. The number of methoxy groups -OCH3 is 1. The van der Waals surface area contributed by atoms with Gasteiger partial charge in [-0.15, -0.1) is 0 Å². The fraction of sp³-hybridized carbons (Fsp3) is 0.611. The van der Waals surface area contributed by atoms with Crippen LogP contribution < -0.4 is 15.4 Å². The molecule has 2 N–H and O–H groups in total. The van der Waals surface area contributed by atoms with E-state index in [4.69, 9.17) is 4.74 Å². The van der Waals surface area contributed by atoms with Crippen molar-refractivity contribution in [2.24, 2.45) is 4.99 Å². The van der Waals surface area contributed by atoms with Gasteiger partial charge in [-0.05, 0) is 43.6 Å². The van der Waals surface area contributed by atoms with Gasteiger partial charge in [-0.3, -0.25) is 4.99 Å². The number of aliphatic imine (C=N–C) groups is 1. The minimum Gasteiger partial charge on any atom is -0.497 e. The first-order valence-electron chi connectivity index (χ1n) is 8.53. The molecule has 0 fully saturated rings. The van der Waals surface area contributed by atoms with E-state index in [1.807, 2.05) is 19.2 Å². The first-order chi connectivity index (χ1) is 11.2. The van der Waals surface area contributed by atoms with Crippen LogP contribution in [0, 0.1) is 0 Å². The maximum Gasteiger partial charge on any atom is 0.191 e. The maximum atomic E-state index is 5.17. The summed E-state index contributed by atoms with van der Waals surface area (Å²) in [5.74, 6) is 1.76. The number of hydrogen-bond acceptors (Lipinski definition) is 3. The standard InChI is InChI=1S/C18H32N4O/c1-5-14-22(6-2)15-13-21-18(19-3)20-12-11-16-7-9-17(23-4)10-8-16/h7-10H,5-6,11-15H2,1-4H3,(H2,19,20,21). The lowest BCUT2D eigenvalue weighted by atomic mass is 10.1. The average Bonchev–Trinajstić information content (AvgIpc) is 2.60. The van der Waals surface area contributed by atoms with E-state index in [1.54, 1.807) is 7.11 Å². The topological polar surface area (TPSA) is 48.9 Å². The zero-order chi connectivity index (χ0) is 16.9. The average molecular weight is 320 g/mol. The van der Waals surface area contributed by atoms with Gasteiger partial charge in [0.2, 0.25) is 0 Å². The second-order valence-corrected chi connectivity index (χ2v) is 5.46. The van der Waals surface area contributed by atoms with Gasteiger partial charge in [-0.1, -0.05) is 26.0 Å². The molecule has 0 saturated heterocycles. The van der Waals surface area contributed by atoms with Crippen LogP contribution in [0.3, 0.4) is 0 Å². The van der Waals surface area contributed by atoms with Crippen LogP contribution in [0.15, 0.2) is 29.3 Å². The summed E-state index contributed by atoms with van der Waals surface area (Å²) in [5, 5.41) is 6.73. The number of nitrogens with one attached hydrogen (secondary N) is 2. The van der Waals surface area contributed by atoms with Crippen LogP contribution in [0.25, 0.3) is 0 Å². The molecular formula is C18H32N4O. The van der Waals surface area contributed by atoms with Gasteiger partial charge in [0.25, 0.3) is 0 Å². The van der Waals surface area contributed by atoms with Crippen LogP contribution >= 0.6 is 0 Å². The van der Waals surface area contributed by atoms with Crippen molar-refractivity contribution >= 4 is 5.96 Å². The molecule has 0 heterocycles. The Kier molecular flexibility index (Phi) is 9.87. The monoisotopic (exact) mass is 320 g/mol. The molecule has 0 unspecified atom stereocenters. The molecule has 1 aromatic rings. The summed E-state index contributed by atoms with van der Waals surface area (Å²) < 4.78 is 5.17. The van der Waals surface area contributed by atoms with E-state index >= 15 is 0 Å². The third-order valence-corrected chi connectivity index (χ3v) is 3.80. The Morgan fingerprint density at radius 1 is 1.09 bits per heavy atom. The van der Waals surface area contributed by atoms with Crippen LogP contribution in [0.1, 0.15) is 25.8 Å². The van der Waals surface area contributed by atoms with Crippen molar-refractivity contribution in [2.45, 2.75) is 26.7 Å². The summed E-state index contributed by atoms with van der Waals surface area (Å²) in [4.78, 5) is 6.71. The molecule has 0 aromatic heterocycles. The molecule has 0 aliphatic rings. The second-order valence-electron chi connectivity index (χ2n) is 5.46. The van der Waals surface area contributed by atoms with Gasteiger partial charge < -0.3 is 20.3 Å². The highest BCUT2D eigenvalue weighted by atomic mass is 16.5. The number of ether oxygens (including phenoxy) is 1. The highest BCUT2D eigenvalue weighted by Gasteiger charge is 2.02. The fourth-order valence-corrected chi connectivity index (χ4v) is 2.41. The quantitative estimate of drug-likeness (QED) is 0.512. The number of likely N-dealkylation sites (N-methyl/N-ethyl adjacent to an activating group) is 1. The van der Waals surface area contributed by atoms with E-state index in [9.17, 15) is 0 Å². The van der Waals surface area contributed by atoms with Crippen LogP contribution in [-0.4, -0.2) is 57.7 Å². The third kappa shape index (κ3) is 7.88. The van der Waals surface area contributed by atoms with E-state index < -0.39 is 0 Å². The number of nitrogens with zero attached hydrogens (tertiary/aromatic N) is 2. The molecule has 0 spiro atoms. The van der Waals surface area contributed by atoms with Crippen LogP contribution in [0.5, 0.6) is 5.75 Å². The Hall–Kier alpha value is -1.75. The van der Waals surface area contributed by atoms with Crippen molar-refractivity contribution < 1.29 is 4.74 Å². The number of rotatable bonds is 10. The highest BCUT2D eigenvalue weighted by molar-refractivity contribution is 5.79. The summed E-state index contributed by atoms with van der Waals surface area (Å²) in [6, 6.07) is 8.19. The van der Waals surface area contributed by atoms with E-state index in [0.717, 1.165) is 50.9 Å². The smallest absolute Gasteiger partial charge is 0.191 e. The minimum absolute atomic E-state index is 0.860. The van der Waals surface area contributed by atoms with Crippen molar-refractivity contribution in [3.8, 4) is 5.75 Å². The van der Waals surface area contributed by atoms with Gasteiger partial charge in [0.1, 0.15) is 5.75 Å². The van der Waals surface area contributed by atoms with Crippen molar-refractivity contribution in [1.82, 2.24) is 15.5 Å². The van der Waals surface area contributed by atoms with Crippen LogP contribution in [0.4, 0.5) is 0 Å². The molecule has 0 atom stereocenters. The van der Waals surface area contributed by atoms with E-state index in [-0.39, 0.29) is 0 Å². The summed E-state index contributed by atoms with van der Waals surface area (Å²) in [7, 11) is 3.50. The summed E-state index contributed by atoms with van der Waals surface area (Å²) in [6.07, 6.45) is 2.16. The van der Waals surface area contributed by atoms with Gasteiger partial charge >= 0.3 is 0 Å². The van der Waals surface area contributed by atoms with E-state index in [2.05, 4.69) is 46.5 Å². The largest absolute Gasteiger partial charge is 0.497 e. The van der Waals surface area contributed by atoms with Crippen molar-refractivity contribution in [1.29, 1.82) is 0 Å². The summed E-state index contributed by atoms with van der Waals surface area (Å²) >= 11 is 0. The van der Waals surface area contributed by atoms with Crippen molar-refractivity contribution in [2.75, 3.05) is 46.9 Å². The third-order valence-electron chi connectivity index (χ3n) is 3.80. The molecule has 0 aliphatic carbocycles. The van der Waals surface area contributed by atoms with Crippen molar-refractivity contribution in [3.63, 3.8) is 0 Å². The Balaban J connectivity index is 2.25. The molecule has 5 heteroatoms. The molecule has 0 saturated carbocycles. The molecule has 130 valence electrons. The predicted molar refractivity (Wildman–Crippen MR) is 98.5 cm³/mol. The molecule has 23 heavy (non-hydrogen) atoms. The fourth-order valence-electron chi connectivity index (χ4n) is 2.41. The molecule has 0 amide bonds. The Bertz CT molecular complexity index is 445. The molecule has 0 bridgehead atoms. The lowest BCUT2D eigenvalue weighted by molar-refractivity contribution is 0.293. The number of guanidine groups is 1. The first kappa shape index (κ1) is 19.3. The lowest BCUT2D eigenvalue weighted by Crippen LogP contribution is -2.42. The number of benzene rings is 1. The molecule has 5 nitrogen and oxygen atoms in total. The van der Waals surface area contributed by atoms with Gasteiger partial charge in [0.05, 0.1) is 7.11 Å². The normalized spacial score (nSPS) is 11.6. The summed E-state index contributed by atoms with van der Waals surface area (Å²) in [5.41, 5.74) is 1.29. The highest BCUT2D eigenvalue weighted by Crippen LogP contribution is 2.11. The first-order valence-corrected chi connectivity index (χ1v) is 8.53. The zero-order valence-electron chi connectivity index (χ0n) is 15.1. The Morgan fingerprint density at radius 3 is 2.35 bits per heavy atom. The van der Waals surface area contributed by atoms with Gasteiger partial charge in [0, 0.05) is 26.7 Å². The molecule has 0 aliphatic heterocycles. The zero-order valence-corrected chi connectivity index (χ0v) is 15.1. The van der Waals surface area contributed by atoms with Gasteiger partial charge in [-0.2, -0.15) is 0 Å². The SMILES string of the molecule is CCCN(CC)CCNC(=NC)NCCc1ccc(OC)cc1. The van der Waals surface area contributed by atoms with E-state index in [1.165, 1.54) is 12.0 Å². The number of hydrogen-bond donors (Lipinski definition) is 2. The molecule has 1 rings (SSSR count). The Labute approximate surface area is 141 Å². The van der Waals surface area contributed by atoms with Gasteiger partial charge in [0.15, 0.2) is 5.96 Å². The molecule has 0 radical (unpaired) electrons. The Morgan fingerprint density at radius 2 is 1.78 bits per heavy atom. The maximum absolute atomic E-state index is 5.17. The minimum atomic E-state index is 0.860. The van der Waals surface area contributed by atoms with Crippen LogP contribution in [0.2, 0.25) is 0 Å². The molecular weight excluding hydrogens is 288 g/mol. The predicted octanol–water partition coefficient (Wildman–Crippen LogP) is 2.13. The van der Waals surface area contributed by atoms with Gasteiger partial charge in [-0.25, -0.2) is 0 Å². The summed E-state index contributed by atoms with van der Waals surface area (Å²) in [6.45, 7) is 9.49. The van der Waals surface area contributed by atoms with Crippen LogP contribution in [-0.2, 0) is 6.42 Å². The van der Waals surface area contributed by atoms with Crippen molar-refractivity contribution in [3.05, 3.63) is 29.8 Å². The molecule has 1 aromatic carbocycles. The van der Waals surface area contributed by atoms with E-state index in [0.29, 0.717) is 0 Å². The second kappa shape index (κ2) is 11.8.